The van der Waals surface area contributed by atoms with E-state index < -0.39 is 0 Å². The Morgan fingerprint density at radius 1 is 1.64 bits per heavy atom. The monoisotopic (exact) mass is 173 g/mol. The molecule has 0 aromatic carbocycles. The van der Waals surface area contributed by atoms with Gasteiger partial charge in [0.15, 0.2) is 0 Å². The van der Waals surface area contributed by atoms with Crippen molar-refractivity contribution in [1.29, 1.82) is 0 Å². The highest BCUT2D eigenvalue weighted by atomic mass is 32.2. The third-order valence-corrected chi connectivity index (χ3v) is 2.75. The average Bonchev–Trinajstić information content (AvgIpc) is 2.05. The summed E-state index contributed by atoms with van der Waals surface area (Å²) >= 11 is 1.71. The van der Waals surface area contributed by atoms with E-state index in [1.807, 2.05) is 0 Å². The molecule has 11 heavy (non-hydrogen) atoms. The lowest BCUT2D eigenvalue weighted by molar-refractivity contribution is -0.128. The molecule has 4 heteroatoms. The molecule has 1 radical (unpaired) electrons. The van der Waals surface area contributed by atoms with Gasteiger partial charge in [-0.1, -0.05) is 0 Å². The van der Waals surface area contributed by atoms with Crippen LogP contribution >= 0.6 is 11.8 Å². The average molecular weight is 173 g/mol. The van der Waals surface area contributed by atoms with Crippen LogP contribution in [0.25, 0.3) is 0 Å². The zero-order valence-corrected chi connectivity index (χ0v) is 7.73. The van der Waals surface area contributed by atoms with Gasteiger partial charge >= 0.3 is 0 Å². The lowest BCUT2D eigenvalue weighted by Gasteiger charge is -2.23. The van der Waals surface area contributed by atoms with Crippen molar-refractivity contribution >= 4 is 17.7 Å². The number of amides is 1. The first kappa shape index (κ1) is 8.87. The van der Waals surface area contributed by atoms with Crippen LogP contribution in [0, 0.1) is 0 Å². The zero-order chi connectivity index (χ0) is 8.27. The second-order valence-electron chi connectivity index (χ2n) is 2.72. The van der Waals surface area contributed by atoms with E-state index >= 15 is 0 Å². The Morgan fingerprint density at radius 2 is 2.36 bits per heavy atom. The van der Waals surface area contributed by atoms with E-state index in [9.17, 15) is 4.79 Å². The molecule has 63 valence electrons. The summed E-state index contributed by atoms with van der Waals surface area (Å²) < 4.78 is 0. The third-order valence-electron chi connectivity index (χ3n) is 1.58. The quantitative estimate of drug-likeness (QED) is 0.550. The van der Waals surface area contributed by atoms with E-state index in [-0.39, 0.29) is 11.2 Å². The van der Waals surface area contributed by atoms with Crippen molar-refractivity contribution < 1.29 is 4.79 Å². The van der Waals surface area contributed by atoms with Crippen molar-refractivity contribution in [3.63, 3.8) is 0 Å². The number of carbonyl (C=O) groups excluding carboxylic acids is 1. The molecule has 0 aliphatic carbocycles. The Kier molecular flexibility index (Phi) is 3.20. The minimum absolute atomic E-state index is 0.0822. The maximum atomic E-state index is 11.3. The fourth-order valence-electron chi connectivity index (χ4n) is 0.958. The number of thioether (sulfide) groups is 1. The van der Waals surface area contributed by atoms with Gasteiger partial charge in [-0.15, -0.1) is 11.8 Å². The Balaban J connectivity index is 2.39. The highest BCUT2D eigenvalue weighted by Crippen LogP contribution is 2.15. The lowest BCUT2D eigenvalue weighted by Crippen LogP contribution is -2.40. The van der Waals surface area contributed by atoms with Gasteiger partial charge in [-0.05, 0) is 0 Å². The smallest absolute Gasteiger partial charge is 0.236 e. The van der Waals surface area contributed by atoms with Gasteiger partial charge in [0.25, 0.3) is 0 Å². The molecule has 3 nitrogen and oxygen atoms in total. The summed E-state index contributed by atoms with van der Waals surface area (Å²) in [6.07, 6.45) is 0. The second kappa shape index (κ2) is 3.97. The van der Waals surface area contributed by atoms with E-state index in [0.29, 0.717) is 6.54 Å². The van der Waals surface area contributed by atoms with Crippen molar-refractivity contribution in [2.75, 3.05) is 32.9 Å². The highest BCUT2D eigenvalue weighted by Gasteiger charge is 2.23. The highest BCUT2D eigenvalue weighted by molar-refractivity contribution is 8.00. The van der Waals surface area contributed by atoms with Crippen molar-refractivity contribution in [3.8, 4) is 0 Å². The molecule has 1 heterocycles. The molecular formula is C7H13N2OS. The van der Waals surface area contributed by atoms with Crippen LogP contribution in [0.2, 0.25) is 0 Å². The number of hydrogen-bond acceptors (Lipinski definition) is 2. The topological polar surface area (TPSA) is 34.4 Å². The molecule has 1 amide bonds. The molecule has 1 aliphatic rings. The van der Waals surface area contributed by atoms with Gasteiger partial charge in [-0.25, -0.2) is 5.32 Å². The van der Waals surface area contributed by atoms with E-state index in [1.54, 1.807) is 30.8 Å². The number of carbonyl (C=O) groups is 1. The maximum Gasteiger partial charge on any atom is 0.236 e. The Morgan fingerprint density at radius 3 is 2.82 bits per heavy atom. The molecular weight excluding hydrogens is 160 g/mol. The molecule has 0 aromatic rings. The molecule has 0 aromatic heterocycles. The lowest BCUT2D eigenvalue weighted by atomic mass is 10.3. The SMILES string of the molecule is CN(C)C(=O)C1C[N]CCS1. The Labute approximate surface area is 71.5 Å². The number of nitrogens with zero attached hydrogens (tertiary/aromatic N) is 2. The first-order valence-corrected chi connectivity index (χ1v) is 4.72. The fourth-order valence-corrected chi connectivity index (χ4v) is 2.04. The minimum atomic E-state index is 0.0822. The predicted octanol–water partition coefficient (Wildman–Crippen LogP) is -0.206. The molecule has 0 bridgehead atoms. The van der Waals surface area contributed by atoms with Crippen molar-refractivity contribution in [3.05, 3.63) is 0 Å². The van der Waals surface area contributed by atoms with Crippen LogP contribution in [0.5, 0.6) is 0 Å². The van der Waals surface area contributed by atoms with E-state index in [1.165, 1.54) is 0 Å². The van der Waals surface area contributed by atoms with E-state index in [0.717, 1.165) is 12.3 Å². The maximum absolute atomic E-state index is 11.3. The summed E-state index contributed by atoms with van der Waals surface area (Å²) in [5.74, 6) is 1.18. The fraction of sp³-hybridized carbons (Fsp3) is 0.857. The number of hydrogen-bond donors (Lipinski definition) is 0. The molecule has 1 fully saturated rings. The van der Waals surface area contributed by atoms with Crippen molar-refractivity contribution in [2.45, 2.75) is 5.25 Å². The van der Waals surface area contributed by atoms with Crippen LogP contribution in [0.1, 0.15) is 0 Å². The summed E-state index contributed by atoms with van der Waals surface area (Å²) in [5.41, 5.74) is 0. The standard InChI is InChI=1S/C7H13N2OS/c1-9(2)7(10)6-5-8-3-4-11-6/h6H,3-5H2,1-2H3. The summed E-state index contributed by atoms with van der Waals surface area (Å²) in [4.78, 5) is 13.0. The van der Waals surface area contributed by atoms with Gasteiger partial charge in [0, 0.05) is 32.9 Å². The Hall–Kier alpha value is -0.220. The van der Waals surface area contributed by atoms with Crippen LogP contribution in [0.15, 0.2) is 0 Å². The predicted molar refractivity (Wildman–Crippen MR) is 46.8 cm³/mol. The molecule has 1 saturated heterocycles. The van der Waals surface area contributed by atoms with Crippen LogP contribution in [0.3, 0.4) is 0 Å². The molecule has 1 atom stereocenters. The van der Waals surface area contributed by atoms with Crippen molar-refractivity contribution in [2.24, 2.45) is 0 Å². The molecule has 1 rings (SSSR count). The van der Waals surface area contributed by atoms with Gasteiger partial charge in [-0.2, -0.15) is 0 Å². The number of rotatable bonds is 1. The molecule has 1 unspecified atom stereocenters. The van der Waals surface area contributed by atoms with Gasteiger partial charge in [0.05, 0.1) is 5.25 Å². The molecule has 1 aliphatic heterocycles. The molecule has 0 spiro atoms. The first-order chi connectivity index (χ1) is 5.22. The van der Waals surface area contributed by atoms with Gasteiger partial charge in [0.2, 0.25) is 5.91 Å². The molecule has 0 saturated carbocycles. The van der Waals surface area contributed by atoms with Crippen molar-refractivity contribution in [1.82, 2.24) is 10.2 Å². The third kappa shape index (κ3) is 2.38. The summed E-state index contributed by atoms with van der Waals surface area (Å²) in [6.45, 7) is 1.60. The minimum Gasteiger partial charge on any atom is -0.348 e. The van der Waals surface area contributed by atoms with Gasteiger partial charge < -0.3 is 4.90 Å². The zero-order valence-electron chi connectivity index (χ0n) is 6.91. The molecule has 0 N–H and O–H groups in total. The van der Waals surface area contributed by atoms with Crippen LogP contribution in [0.4, 0.5) is 0 Å². The normalized spacial score (nSPS) is 24.7. The van der Waals surface area contributed by atoms with Gasteiger partial charge in [-0.3, -0.25) is 4.79 Å². The van der Waals surface area contributed by atoms with E-state index in [4.69, 9.17) is 0 Å². The van der Waals surface area contributed by atoms with Gasteiger partial charge in [0.1, 0.15) is 0 Å². The largest absolute Gasteiger partial charge is 0.348 e. The summed E-state index contributed by atoms with van der Waals surface area (Å²) in [5, 5.41) is 4.28. The van der Waals surface area contributed by atoms with Crippen LogP contribution in [-0.2, 0) is 4.79 Å². The first-order valence-electron chi connectivity index (χ1n) is 3.68. The van der Waals surface area contributed by atoms with Crippen LogP contribution in [-0.4, -0.2) is 49.0 Å². The summed E-state index contributed by atoms with van der Waals surface area (Å²) in [6, 6.07) is 0. The second-order valence-corrected chi connectivity index (χ2v) is 4.03. The van der Waals surface area contributed by atoms with Crippen LogP contribution < -0.4 is 5.32 Å². The van der Waals surface area contributed by atoms with E-state index in [2.05, 4.69) is 5.32 Å². The summed E-state index contributed by atoms with van der Waals surface area (Å²) in [7, 11) is 3.58. The Bertz CT molecular complexity index is 143.